The molecule has 0 saturated heterocycles. The van der Waals surface area contributed by atoms with Gasteiger partial charge in [0, 0.05) is 42.4 Å². The summed E-state index contributed by atoms with van der Waals surface area (Å²) in [6, 6.07) is 7.93. The third-order valence-electron chi connectivity index (χ3n) is 7.10. The molecule has 0 spiro atoms. The van der Waals surface area contributed by atoms with Crippen molar-refractivity contribution in [2.45, 2.75) is 71.1 Å². The number of fused-ring (bicyclic) bond motifs is 1. The number of carboxylic acids is 1. The molecule has 0 saturated carbocycles. The maximum Gasteiger partial charge on any atom is 0.335 e. The number of hydrogen-bond acceptors (Lipinski definition) is 7. The lowest BCUT2D eigenvalue weighted by molar-refractivity contribution is -0.0598. The zero-order chi connectivity index (χ0) is 28.0. The Morgan fingerprint density at radius 2 is 1.97 bits per heavy atom. The van der Waals surface area contributed by atoms with E-state index in [0.717, 1.165) is 17.7 Å². The molecule has 2 aromatic carbocycles. The van der Waals surface area contributed by atoms with Crippen LogP contribution in [0.25, 0.3) is 0 Å². The van der Waals surface area contributed by atoms with Crippen molar-refractivity contribution < 1.29 is 29.6 Å². The summed E-state index contributed by atoms with van der Waals surface area (Å²) in [5, 5.41) is 31.0. The second-order valence-corrected chi connectivity index (χ2v) is 10.9. The number of rotatable bonds is 11. The molecule has 0 aromatic heterocycles. The smallest absolute Gasteiger partial charge is 0.335 e. The maximum atomic E-state index is 12.0. The van der Waals surface area contributed by atoms with E-state index < -0.39 is 17.7 Å². The first kappa shape index (κ1) is 29.3. The van der Waals surface area contributed by atoms with Gasteiger partial charge in [0.2, 0.25) is 0 Å². The number of hydrogen-bond donors (Lipinski definition) is 4. The van der Waals surface area contributed by atoms with Gasteiger partial charge in [0.05, 0.1) is 11.7 Å². The van der Waals surface area contributed by atoms with E-state index in [2.05, 4.69) is 31.7 Å². The highest BCUT2D eigenvalue weighted by Gasteiger charge is 2.42. The number of aliphatic hydroxyl groups is 1. The minimum absolute atomic E-state index is 0.0919. The molecule has 0 unspecified atom stereocenters. The van der Waals surface area contributed by atoms with Crippen LogP contribution in [-0.2, 0) is 13.0 Å². The highest BCUT2D eigenvalue weighted by atomic mass is 32.1. The number of benzene rings is 2. The van der Waals surface area contributed by atoms with Gasteiger partial charge in [0.15, 0.2) is 6.29 Å². The highest BCUT2D eigenvalue weighted by Crippen LogP contribution is 2.44. The highest BCUT2D eigenvalue weighted by molar-refractivity contribution is 7.84. The number of phenolic OH excluding ortho intramolecular Hbond substituents is 1. The number of ether oxygens (including phenoxy) is 1. The van der Waals surface area contributed by atoms with Crippen LogP contribution in [0.2, 0.25) is 0 Å². The van der Waals surface area contributed by atoms with Gasteiger partial charge in [0.1, 0.15) is 17.1 Å². The fourth-order valence-electron chi connectivity index (χ4n) is 4.69. The largest absolute Gasteiger partial charge is 0.508 e. The van der Waals surface area contributed by atoms with Crippen molar-refractivity contribution in [2.75, 3.05) is 11.9 Å². The number of aromatic hydroxyl groups is 1. The molecule has 8 heteroatoms. The van der Waals surface area contributed by atoms with Gasteiger partial charge in [-0.05, 0) is 75.6 Å². The molecule has 3 rings (SSSR count). The Labute approximate surface area is 229 Å². The van der Waals surface area contributed by atoms with Crippen LogP contribution in [-0.4, -0.2) is 46.3 Å². The second kappa shape index (κ2) is 12.5. The first-order valence-corrected chi connectivity index (χ1v) is 13.2. The Morgan fingerprint density at radius 3 is 2.63 bits per heavy atom. The number of allylic oxidation sites excluding steroid dienone is 4. The summed E-state index contributed by atoms with van der Waals surface area (Å²) in [5.41, 5.74) is 2.46. The van der Waals surface area contributed by atoms with Crippen LogP contribution in [0.1, 0.15) is 78.3 Å². The summed E-state index contributed by atoms with van der Waals surface area (Å²) in [6.45, 7) is 6.13. The number of aromatic carboxylic acids is 1. The molecule has 0 amide bonds. The van der Waals surface area contributed by atoms with E-state index in [1.54, 1.807) is 25.2 Å². The normalized spacial score (nSPS) is 19.5. The molecule has 0 radical (unpaired) electrons. The first-order valence-electron chi connectivity index (χ1n) is 12.7. The van der Waals surface area contributed by atoms with E-state index >= 15 is 0 Å². The fourth-order valence-corrected chi connectivity index (χ4v) is 4.82. The van der Waals surface area contributed by atoms with Crippen molar-refractivity contribution in [3.05, 3.63) is 75.2 Å². The van der Waals surface area contributed by atoms with Crippen LogP contribution in [0.15, 0.2) is 53.0 Å². The third kappa shape index (κ3) is 6.99. The van der Waals surface area contributed by atoms with Gasteiger partial charge in [-0.25, -0.2) is 4.79 Å². The Hall–Kier alpha value is -3.23. The van der Waals surface area contributed by atoms with E-state index in [1.165, 1.54) is 17.7 Å². The van der Waals surface area contributed by atoms with Crippen molar-refractivity contribution in [1.29, 1.82) is 0 Å². The van der Waals surface area contributed by atoms with E-state index in [4.69, 9.17) is 4.74 Å². The molecule has 204 valence electrons. The predicted molar refractivity (Wildman–Crippen MR) is 153 cm³/mol. The van der Waals surface area contributed by atoms with Gasteiger partial charge in [0.25, 0.3) is 0 Å². The number of thiol groups is 1. The van der Waals surface area contributed by atoms with Crippen molar-refractivity contribution in [3.8, 4) is 11.5 Å². The number of carbonyl (C=O) groups excluding carboxylic acids is 1. The average Bonchev–Trinajstić information content (AvgIpc) is 2.86. The monoisotopic (exact) mass is 539 g/mol. The van der Waals surface area contributed by atoms with Crippen molar-refractivity contribution >= 4 is 30.6 Å². The number of phenols is 1. The standard InChI is InChI=1S/C30H37NO6S/c1-19(8-5-10-20(2)38)9-7-13-30(3)27(34)16-24-26(33)15-22(18-32)25(28(24)37-30)17-31(4)23-12-6-11-21(14-23)29(35)36/h6,9-12,14-15,18,27,33-34,38H,5,7-8,13,16-17H2,1-4H3,(H,35,36)/b19-9+,20-10+/t27-,30-/m0/s1. The number of carboxylic acid groups (broad SMARTS) is 1. The fraction of sp³-hybridized carbons (Fsp3) is 0.400. The third-order valence-corrected chi connectivity index (χ3v) is 7.29. The lowest BCUT2D eigenvalue weighted by Crippen LogP contribution is -2.49. The lowest BCUT2D eigenvalue weighted by Gasteiger charge is -2.41. The topological polar surface area (TPSA) is 107 Å². The summed E-state index contributed by atoms with van der Waals surface area (Å²) in [5.74, 6) is -0.719. The van der Waals surface area contributed by atoms with Crippen molar-refractivity contribution in [1.82, 2.24) is 0 Å². The Balaban J connectivity index is 1.88. The van der Waals surface area contributed by atoms with Crippen molar-refractivity contribution in [2.24, 2.45) is 0 Å². The number of aldehydes is 1. The quantitative estimate of drug-likeness (QED) is 0.159. The zero-order valence-corrected chi connectivity index (χ0v) is 23.3. The van der Waals surface area contributed by atoms with Crippen LogP contribution < -0.4 is 9.64 Å². The number of anilines is 1. The number of nitrogens with zero attached hydrogens (tertiary/aromatic N) is 1. The van der Waals surface area contributed by atoms with Gasteiger partial charge in [-0.1, -0.05) is 23.8 Å². The zero-order valence-electron chi connectivity index (χ0n) is 22.4. The molecule has 38 heavy (non-hydrogen) atoms. The van der Waals surface area contributed by atoms with Gasteiger partial charge < -0.3 is 25.0 Å². The van der Waals surface area contributed by atoms with Crippen LogP contribution in [0.3, 0.4) is 0 Å². The minimum Gasteiger partial charge on any atom is -0.508 e. The molecular formula is C30H37NO6S. The number of carbonyl (C=O) groups is 2. The second-order valence-electron chi connectivity index (χ2n) is 10.2. The molecule has 1 heterocycles. The van der Waals surface area contributed by atoms with Gasteiger partial charge >= 0.3 is 5.97 Å². The Bertz CT molecular complexity index is 1250. The molecule has 0 bridgehead atoms. The van der Waals surface area contributed by atoms with E-state index in [9.17, 15) is 24.9 Å². The Morgan fingerprint density at radius 1 is 1.24 bits per heavy atom. The summed E-state index contributed by atoms with van der Waals surface area (Å²) >= 11 is 4.30. The molecular weight excluding hydrogens is 502 g/mol. The molecule has 1 aliphatic rings. The summed E-state index contributed by atoms with van der Waals surface area (Å²) in [4.78, 5) is 26.2. The van der Waals surface area contributed by atoms with Crippen molar-refractivity contribution in [3.63, 3.8) is 0 Å². The minimum atomic E-state index is -1.03. The predicted octanol–water partition coefficient (Wildman–Crippen LogP) is 5.93. The van der Waals surface area contributed by atoms with Gasteiger partial charge in [-0.2, -0.15) is 0 Å². The van der Waals surface area contributed by atoms with E-state index in [1.807, 2.05) is 18.7 Å². The maximum absolute atomic E-state index is 12.0. The summed E-state index contributed by atoms with van der Waals surface area (Å²) in [6.07, 6.45) is 7.36. The molecule has 2 aromatic rings. The van der Waals surface area contributed by atoms with Crippen LogP contribution in [0.4, 0.5) is 5.69 Å². The van der Waals surface area contributed by atoms with E-state index in [-0.39, 0.29) is 29.8 Å². The van der Waals surface area contributed by atoms with Gasteiger partial charge in [-0.15, -0.1) is 12.6 Å². The van der Waals surface area contributed by atoms with E-state index in [0.29, 0.717) is 41.7 Å². The van der Waals surface area contributed by atoms with Gasteiger partial charge in [-0.3, -0.25) is 4.79 Å². The molecule has 1 aliphatic heterocycles. The molecule has 7 nitrogen and oxygen atoms in total. The lowest BCUT2D eigenvalue weighted by atomic mass is 9.84. The molecule has 0 fully saturated rings. The average molecular weight is 540 g/mol. The van der Waals surface area contributed by atoms with Crippen LogP contribution in [0, 0.1) is 0 Å². The number of aliphatic hydroxyl groups excluding tert-OH is 1. The SMILES string of the molecule is C/C(S)=C\CC/C(C)=C/CC[C@]1(C)Oc2c(c(O)cc(C=O)c2CN(C)c2cccc(C(=O)O)c2)C[C@@H]1O. The first-order chi connectivity index (χ1) is 17.9. The Kier molecular flexibility index (Phi) is 9.68. The summed E-state index contributed by atoms with van der Waals surface area (Å²) in [7, 11) is 1.80. The molecule has 3 N–H and O–H groups in total. The summed E-state index contributed by atoms with van der Waals surface area (Å²) < 4.78 is 6.44. The van der Waals surface area contributed by atoms with Crippen LogP contribution in [0.5, 0.6) is 11.5 Å². The molecule has 0 aliphatic carbocycles. The van der Waals surface area contributed by atoms with Crippen LogP contribution >= 0.6 is 12.6 Å². The molecule has 2 atom stereocenters.